The maximum atomic E-state index is 8.64. The number of imidazole rings is 1. The Labute approximate surface area is 131 Å². The molecule has 2 aromatic heterocycles. The van der Waals surface area contributed by atoms with Crippen molar-refractivity contribution in [2.75, 3.05) is 6.26 Å². The second kappa shape index (κ2) is 6.28. The average Bonchev–Trinajstić information content (AvgIpc) is 2.99. The van der Waals surface area contributed by atoms with Gasteiger partial charge in [0.1, 0.15) is 0 Å². The molecule has 0 radical (unpaired) electrons. The van der Waals surface area contributed by atoms with Gasteiger partial charge in [-0.05, 0) is 24.5 Å². The van der Waals surface area contributed by atoms with Crippen molar-refractivity contribution in [1.82, 2.24) is 19.7 Å². The number of nitriles is 1. The number of aliphatic imine (C=N–C) groups is 1. The molecule has 3 rings (SSSR count). The van der Waals surface area contributed by atoms with Crippen molar-refractivity contribution in [2.24, 2.45) is 4.99 Å². The van der Waals surface area contributed by atoms with Crippen molar-refractivity contribution in [3.8, 4) is 17.5 Å². The van der Waals surface area contributed by atoms with Crippen LogP contribution in [0.3, 0.4) is 0 Å². The van der Waals surface area contributed by atoms with E-state index in [-0.39, 0.29) is 0 Å². The van der Waals surface area contributed by atoms with Gasteiger partial charge in [-0.25, -0.2) is 15.0 Å². The molecule has 108 valence electrons. The van der Waals surface area contributed by atoms with Crippen LogP contribution in [0.2, 0.25) is 0 Å². The minimum atomic E-state index is 0.562. The van der Waals surface area contributed by atoms with Crippen LogP contribution in [-0.2, 0) is 0 Å². The fraction of sp³-hybridized carbons (Fsp3) is 0.0667. The normalized spacial score (nSPS) is 11.4. The molecule has 3 aromatic rings. The fourth-order valence-electron chi connectivity index (χ4n) is 1.97. The molecule has 0 saturated carbocycles. The quantitative estimate of drug-likeness (QED) is 0.341. The Hall–Kier alpha value is -2.85. The van der Waals surface area contributed by atoms with Crippen LogP contribution < -0.4 is 5.32 Å². The highest BCUT2D eigenvalue weighted by Crippen LogP contribution is 2.22. The second-order valence-electron chi connectivity index (χ2n) is 4.36. The summed E-state index contributed by atoms with van der Waals surface area (Å²) in [4.78, 5) is 13.0. The maximum absolute atomic E-state index is 8.64. The first-order valence-electron chi connectivity index (χ1n) is 6.48. The van der Waals surface area contributed by atoms with E-state index in [0.717, 1.165) is 16.9 Å². The Bertz CT molecular complexity index is 827. The lowest BCUT2D eigenvalue weighted by molar-refractivity contribution is 1.11. The molecule has 22 heavy (non-hydrogen) atoms. The van der Waals surface area contributed by atoms with Crippen LogP contribution >= 0.6 is 11.8 Å². The highest BCUT2D eigenvalue weighted by molar-refractivity contribution is 8.13. The molecule has 6 nitrogen and oxygen atoms in total. The summed E-state index contributed by atoms with van der Waals surface area (Å²) < 4.78 is 1.88. The molecule has 0 aliphatic rings. The predicted molar refractivity (Wildman–Crippen MR) is 87.8 cm³/mol. The van der Waals surface area contributed by atoms with Gasteiger partial charge in [0.15, 0.2) is 11.4 Å². The third-order valence-electron chi connectivity index (χ3n) is 2.99. The molecule has 7 heteroatoms. The summed E-state index contributed by atoms with van der Waals surface area (Å²) in [6.07, 6.45) is 9.30. The first-order chi connectivity index (χ1) is 10.8. The minimum Gasteiger partial charge on any atom is -0.291 e. The van der Waals surface area contributed by atoms with Gasteiger partial charge < -0.3 is 0 Å². The molecular weight excluding hydrogens is 296 g/mol. The van der Waals surface area contributed by atoms with E-state index >= 15 is 0 Å². The number of rotatable bonds is 2. The third kappa shape index (κ3) is 2.92. The first-order valence-corrected chi connectivity index (χ1v) is 7.70. The van der Waals surface area contributed by atoms with Crippen LogP contribution in [-0.4, -0.2) is 25.8 Å². The molecule has 0 aliphatic carbocycles. The molecular formula is C15H12N6S. The Morgan fingerprint density at radius 2 is 2.18 bits per heavy atom. The van der Waals surface area contributed by atoms with Gasteiger partial charge in [0, 0.05) is 24.2 Å². The number of fused-ring (bicyclic) bond motifs is 1. The Balaban J connectivity index is 1.89. The number of aromatic nitrogens is 3. The Morgan fingerprint density at radius 3 is 2.86 bits per heavy atom. The summed E-state index contributed by atoms with van der Waals surface area (Å²) in [7, 11) is 0. The minimum absolute atomic E-state index is 0.562. The summed E-state index contributed by atoms with van der Waals surface area (Å²) in [5, 5.41) is 11.7. The SMILES string of the molecule is CSC(=Nc1ccc(-c2cn3cccnc3n2)cc1)NC#N. The van der Waals surface area contributed by atoms with Gasteiger partial charge in [-0.15, -0.1) is 0 Å². The standard InChI is InChI=1S/C15H12N6S/c1-22-15(18-10-16)19-12-5-3-11(4-6-12)13-9-21-8-2-7-17-14(21)20-13/h2-9H,1H3,(H,18,19). The smallest absolute Gasteiger partial charge is 0.234 e. The van der Waals surface area contributed by atoms with Gasteiger partial charge in [0.25, 0.3) is 0 Å². The van der Waals surface area contributed by atoms with Crippen molar-refractivity contribution >= 4 is 28.4 Å². The lowest BCUT2D eigenvalue weighted by atomic mass is 10.1. The summed E-state index contributed by atoms with van der Waals surface area (Å²) in [5.74, 6) is 0.669. The number of nitrogens with one attached hydrogen (secondary N) is 1. The van der Waals surface area contributed by atoms with E-state index in [4.69, 9.17) is 5.26 Å². The highest BCUT2D eigenvalue weighted by atomic mass is 32.2. The number of benzene rings is 1. The molecule has 1 aromatic carbocycles. The predicted octanol–water partition coefficient (Wildman–Crippen LogP) is 2.82. The lowest BCUT2D eigenvalue weighted by Crippen LogP contribution is -2.12. The Morgan fingerprint density at radius 1 is 1.36 bits per heavy atom. The van der Waals surface area contributed by atoms with E-state index in [1.165, 1.54) is 11.8 Å². The van der Waals surface area contributed by atoms with Gasteiger partial charge >= 0.3 is 0 Å². The van der Waals surface area contributed by atoms with E-state index in [1.54, 1.807) is 6.20 Å². The molecule has 0 amide bonds. The molecule has 0 aliphatic heterocycles. The Kier molecular flexibility index (Phi) is 4.03. The second-order valence-corrected chi connectivity index (χ2v) is 5.15. The monoisotopic (exact) mass is 308 g/mol. The number of hydrogen-bond donors (Lipinski definition) is 1. The molecule has 0 unspecified atom stereocenters. The molecule has 0 saturated heterocycles. The molecule has 0 fully saturated rings. The van der Waals surface area contributed by atoms with Gasteiger partial charge in [-0.3, -0.25) is 9.72 Å². The first kappa shape index (κ1) is 14.1. The van der Waals surface area contributed by atoms with Crippen LogP contribution in [0.15, 0.2) is 53.9 Å². The van der Waals surface area contributed by atoms with Crippen LogP contribution in [0.1, 0.15) is 0 Å². The topological polar surface area (TPSA) is 78.4 Å². The van der Waals surface area contributed by atoms with Crippen molar-refractivity contribution in [2.45, 2.75) is 0 Å². The largest absolute Gasteiger partial charge is 0.291 e. The molecule has 2 heterocycles. The number of amidine groups is 1. The summed E-state index contributed by atoms with van der Waals surface area (Å²) in [6, 6.07) is 9.54. The molecule has 0 atom stereocenters. The number of thioether (sulfide) groups is 1. The zero-order valence-corrected chi connectivity index (χ0v) is 12.6. The van der Waals surface area contributed by atoms with E-state index in [0.29, 0.717) is 10.9 Å². The summed E-state index contributed by atoms with van der Waals surface area (Å²) in [5.41, 5.74) is 2.62. The summed E-state index contributed by atoms with van der Waals surface area (Å²) >= 11 is 1.39. The zero-order chi connectivity index (χ0) is 15.4. The highest BCUT2D eigenvalue weighted by Gasteiger charge is 2.05. The van der Waals surface area contributed by atoms with Gasteiger partial charge in [0.05, 0.1) is 11.4 Å². The molecule has 0 bridgehead atoms. The maximum Gasteiger partial charge on any atom is 0.234 e. The third-order valence-corrected chi connectivity index (χ3v) is 3.57. The summed E-state index contributed by atoms with van der Waals surface area (Å²) in [6.45, 7) is 0. The van der Waals surface area contributed by atoms with Crippen LogP contribution in [0.4, 0.5) is 5.69 Å². The van der Waals surface area contributed by atoms with Crippen LogP contribution in [0.5, 0.6) is 0 Å². The van der Waals surface area contributed by atoms with Crippen LogP contribution in [0.25, 0.3) is 17.0 Å². The molecule has 0 spiro atoms. The van der Waals surface area contributed by atoms with E-state index < -0.39 is 0 Å². The van der Waals surface area contributed by atoms with Gasteiger partial charge in [-0.2, -0.15) is 5.26 Å². The average molecular weight is 308 g/mol. The van der Waals surface area contributed by atoms with Crippen molar-refractivity contribution < 1.29 is 0 Å². The number of nitrogens with zero attached hydrogens (tertiary/aromatic N) is 5. The number of hydrogen-bond acceptors (Lipinski definition) is 5. The van der Waals surface area contributed by atoms with Crippen LogP contribution in [0, 0.1) is 11.5 Å². The van der Waals surface area contributed by atoms with Gasteiger partial charge in [-0.1, -0.05) is 23.9 Å². The zero-order valence-electron chi connectivity index (χ0n) is 11.8. The van der Waals surface area contributed by atoms with E-state index in [2.05, 4.69) is 20.3 Å². The van der Waals surface area contributed by atoms with Crippen molar-refractivity contribution in [1.29, 1.82) is 5.26 Å². The fourth-order valence-corrected chi connectivity index (χ4v) is 2.31. The van der Waals surface area contributed by atoms with E-state index in [1.807, 2.05) is 59.6 Å². The van der Waals surface area contributed by atoms with Crippen molar-refractivity contribution in [3.63, 3.8) is 0 Å². The van der Waals surface area contributed by atoms with Crippen molar-refractivity contribution in [3.05, 3.63) is 48.9 Å². The lowest BCUT2D eigenvalue weighted by Gasteiger charge is -2.01. The van der Waals surface area contributed by atoms with E-state index in [9.17, 15) is 0 Å². The molecule has 1 N–H and O–H groups in total. The van der Waals surface area contributed by atoms with Gasteiger partial charge in [0.2, 0.25) is 5.78 Å².